The summed E-state index contributed by atoms with van der Waals surface area (Å²) in [7, 11) is 1.56. The van der Waals surface area contributed by atoms with Crippen LogP contribution in [0.3, 0.4) is 0 Å². The van der Waals surface area contributed by atoms with E-state index in [1.807, 2.05) is 45.0 Å². The second kappa shape index (κ2) is 9.49. The van der Waals surface area contributed by atoms with Crippen molar-refractivity contribution in [1.29, 1.82) is 0 Å². The number of hydrogen-bond donors (Lipinski definition) is 2. The number of nitrogens with one attached hydrogen (secondary N) is 2. The van der Waals surface area contributed by atoms with E-state index in [1.54, 1.807) is 31.4 Å². The maximum Gasteiger partial charge on any atom is 0.251 e. The molecule has 1 heterocycles. The smallest absolute Gasteiger partial charge is 0.251 e. The van der Waals surface area contributed by atoms with Crippen LogP contribution in [0.5, 0.6) is 5.75 Å². The number of benzene rings is 2. The molecule has 3 aromatic rings. The number of aryl methyl sites for hydroxylation is 1. The van der Waals surface area contributed by atoms with Gasteiger partial charge >= 0.3 is 0 Å². The zero-order valence-electron chi connectivity index (χ0n) is 17.3. The molecule has 7 nitrogen and oxygen atoms in total. The van der Waals surface area contributed by atoms with Gasteiger partial charge in [0.2, 0.25) is 11.0 Å². The van der Waals surface area contributed by atoms with Crippen molar-refractivity contribution >= 4 is 28.3 Å². The second-order valence-electron chi connectivity index (χ2n) is 7.19. The van der Waals surface area contributed by atoms with Gasteiger partial charge in [-0.1, -0.05) is 48.9 Å². The first-order chi connectivity index (χ1) is 14.4. The first-order valence-corrected chi connectivity index (χ1v) is 10.4. The molecule has 1 atom stereocenters. The Hall–Kier alpha value is -3.26. The summed E-state index contributed by atoms with van der Waals surface area (Å²) >= 11 is 1.29. The van der Waals surface area contributed by atoms with Crippen molar-refractivity contribution in [3.63, 3.8) is 0 Å². The summed E-state index contributed by atoms with van der Waals surface area (Å²) in [4.78, 5) is 25.4. The van der Waals surface area contributed by atoms with Crippen molar-refractivity contribution in [1.82, 2.24) is 15.5 Å². The second-order valence-corrected chi connectivity index (χ2v) is 8.17. The average Bonchev–Trinajstić information content (AvgIpc) is 3.20. The third kappa shape index (κ3) is 5.21. The van der Waals surface area contributed by atoms with E-state index < -0.39 is 6.04 Å². The van der Waals surface area contributed by atoms with Gasteiger partial charge in [-0.05, 0) is 43.2 Å². The number of methoxy groups -OCH3 is 1. The molecule has 0 radical (unpaired) electrons. The predicted octanol–water partition coefficient (Wildman–Crippen LogP) is 3.92. The SMILES string of the molecule is COc1ccc(C(=O)NC(C(=O)Nc2nnc(-c3cccc(C)c3)s2)C(C)C)cc1. The zero-order chi connectivity index (χ0) is 21.7. The Balaban J connectivity index is 1.69. The Labute approximate surface area is 179 Å². The van der Waals surface area contributed by atoms with Gasteiger partial charge in [-0.15, -0.1) is 10.2 Å². The molecule has 8 heteroatoms. The number of nitrogens with zero attached hydrogens (tertiary/aromatic N) is 2. The van der Waals surface area contributed by atoms with Crippen LogP contribution in [0.25, 0.3) is 10.6 Å². The third-order valence-electron chi connectivity index (χ3n) is 4.51. The number of anilines is 1. The molecule has 0 spiro atoms. The lowest BCUT2D eigenvalue weighted by Crippen LogP contribution is -2.47. The molecule has 156 valence electrons. The molecule has 2 N–H and O–H groups in total. The molecule has 0 saturated carbocycles. The summed E-state index contributed by atoms with van der Waals surface area (Å²) in [6, 6.07) is 13.9. The standard InChI is InChI=1S/C22H24N4O3S/c1-13(2)18(23-19(27)15-8-10-17(29-4)11-9-15)20(28)24-22-26-25-21(30-22)16-7-5-6-14(3)12-16/h5-13,18H,1-4H3,(H,23,27)(H,24,26,28). The maximum absolute atomic E-state index is 12.8. The van der Waals surface area contributed by atoms with Crippen molar-refractivity contribution in [3.05, 3.63) is 59.7 Å². The van der Waals surface area contributed by atoms with E-state index >= 15 is 0 Å². The van der Waals surface area contributed by atoms with Crippen molar-refractivity contribution < 1.29 is 14.3 Å². The van der Waals surface area contributed by atoms with Crippen LogP contribution < -0.4 is 15.4 Å². The number of hydrogen-bond acceptors (Lipinski definition) is 6. The fraction of sp³-hybridized carbons (Fsp3) is 0.273. The number of carbonyl (C=O) groups excluding carboxylic acids is 2. The molecule has 0 aliphatic heterocycles. The molecule has 1 aromatic heterocycles. The minimum Gasteiger partial charge on any atom is -0.497 e. The number of carbonyl (C=O) groups is 2. The van der Waals surface area contributed by atoms with Crippen molar-refractivity contribution in [2.24, 2.45) is 5.92 Å². The quantitative estimate of drug-likeness (QED) is 0.600. The summed E-state index contributed by atoms with van der Waals surface area (Å²) in [5.41, 5.74) is 2.52. The van der Waals surface area contributed by atoms with E-state index in [9.17, 15) is 9.59 Å². The van der Waals surface area contributed by atoms with Crippen LogP contribution in [0.4, 0.5) is 5.13 Å². The van der Waals surface area contributed by atoms with Crippen LogP contribution in [0, 0.1) is 12.8 Å². The van der Waals surface area contributed by atoms with Crippen LogP contribution in [-0.4, -0.2) is 35.2 Å². The average molecular weight is 425 g/mol. The lowest BCUT2D eigenvalue weighted by atomic mass is 10.0. The first kappa shape index (κ1) is 21.4. The summed E-state index contributed by atoms with van der Waals surface area (Å²) in [6.45, 7) is 5.75. The van der Waals surface area contributed by atoms with Gasteiger partial charge < -0.3 is 10.1 Å². The van der Waals surface area contributed by atoms with E-state index in [4.69, 9.17) is 4.74 Å². The number of aromatic nitrogens is 2. The van der Waals surface area contributed by atoms with Gasteiger partial charge in [-0.2, -0.15) is 0 Å². The predicted molar refractivity (Wildman–Crippen MR) is 118 cm³/mol. The largest absolute Gasteiger partial charge is 0.497 e. The van der Waals surface area contributed by atoms with Crippen molar-refractivity contribution in [3.8, 4) is 16.3 Å². The first-order valence-electron chi connectivity index (χ1n) is 9.53. The van der Waals surface area contributed by atoms with E-state index in [1.165, 1.54) is 11.3 Å². The molecule has 0 fully saturated rings. The van der Waals surface area contributed by atoms with Crippen molar-refractivity contribution in [2.75, 3.05) is 12.4 Å². The van der Waals surface area contributed by atoms with Gasteiger partial charge in [0.1, 0.15) is 16.8 Å². The summed E-state index contributed by atoms with van der Waals surface area (Å²) < 4.78 is 5.11. The molecule has 0 saturated heterocycles. The van der Waals surface area contributed by atoms with Crippen molar-refractivity contribution in [2.45, 2.75) is 26.8 Å². The summed E-state index contributed by atoms with van der Waals surface area (Å²) in [6.07, 6.45) is 0. The molecule has 1 unspecified atom stereocenters. The lowest BCUT2D eigenvalue weighted by molar-refractivity contribution is -0.118. The highest BCUT2D eigenvalue weighted by Gasteiger charge is 2.26. The normalized spacial score (nSPS) is 11.8. The highest BCUT2D eigenvalue weighted by molar-refractivity contribution is 7.18. The summed E-state index contributed by atoms with van der Waals surface area (Å²) in [5.74, 6) is -0.121. The lowest BCUT2D eigenvalue weighted by Gasteiger charge is -2.21. The monoisotopic (exact) mass is 424 g/mol. The van der Waals surface area contributed by atoms with E-state index in [0.717, 1.165) is 16.1 Å². The van der Waals surface area contributed by atoms with Gasteiger partial charge in [0.05, 0.1) is 7.11 Å². The van der Waals surface area contributed by atoms with Crippen LogP contribution in [0.1, 0.15) is 29.8 Å². The fourth-order valence-electron chi connectivity index (χ4n) is 2.85. The van der Waals surface area contributed by atoms with Crippen LogP contribution in [0.15, 0.2) is 48.5 Å². The Morgan fingerprint density at radius 2 is 1.80 bits per heavy atom. The number of rotatable bonds is 7. The molecule has 30 heavy (non-hydrogen) atoms. The highest BCUT2D eigenvalue weighted by Crippen LogP contribution is 2.27. The zero-order valence-corrected chi connectivity index (χ0v) is 18.1. The van der Waals surface area contributed by atoms with E-state index in [2.05, 4.69) is 20.8 Å². The van der Waals surface area contributed by atoms with E-state index in [0.29, 0.717) is 16.4 Å². The molecule has 0 aliphatic rings. The van der Waals surface area contributed by atoms with Crippen LogP contribution >= 0.6 is 11.3 Å². The van der Waals surface area contributed by atoms with Gasteiger partial charge in [0.15, 0.2) is 0 Å². The molecular formula is C22H24N4O3S. The van der Waals surface area contributed by atoms with Gasteiger partial charge in [0, 0.05) is 11.1 Å². The Bertz CT molecular complexity index is 1030. The fourth-order valence-corrected chi connectivity index (χ4v) is 3.60. The molecule has 0 bridgehead atoms. The van der Waals surface area contributed by atoms with E-state index in [-0.39, 0.29) is 17.7 Å². The molecule has 2 aromatic carbocycles. The Kier molecular flexibility index (Phi) is 6.79. The van der Waals surface area contributed by atoms with Crippen LogP contribution in [-0.2, 0) is 4.79 Å². The molecular weight excluding hydrogens is 400 g/mol. The summed E-state index contributed by atoms with van der Waals surface area (Å²) in [5, 5.41) is 14.9. The Morgan fingerprint density at radius 1 is 1.07 bits per heavy atom. The molecule has 2 amide bonds. The molecule has 0 aliphatic carbocycles. The molecule has 3 rings (SSSR count). The highest BCUT2D eigenvalue weighted by atomic mass is 32.1. The topological polar surface area (TPSA) is 93.2 Å². The van der Waals surface area contributed by atoms with Gasteiger partial charge in [0.25, 0.3) is 5.91 Å². The van der Waals surface area contributed by atoms with Crippen LogP contribution in [0.2, 0.25) is 0 Å². The van der Waals surface area contributed by atoms with Gasteiger partial charge in [-0.25, -0.2) is 0 Å². The minimum atomic E-state index is -0.717. The maximum atomic E-state index is 12.8. The third-order valence-corrected chi connectivity index (χ3v) is 5.40. The Morgan fingerprint density at radius 3 is 2.43 bits per heavy atom. The number of amides is 2. The minimum absolute atomic E-state index is 0.114. The van der Waals surface area contributed by atoms with Gasteiger partial charge in [-0.3, -0.25) is 14.9 Å². The number of ether oxygens (including phenoxy) is 1.